The molecule has 0 aliphatic heterocycles. The highest BCUT2D eigenvalue weighted by molar-refractivity contribution is 5.89. The summed E-state index contributed by atoms with van der Waals surface area (Å²) in [4.78, 5) is 0. The molecule has 2 aromatic carbocycles. The summed E-state index contributed by atoms with van der Waals surface area (Å²) in [5.74, 6) is 0. The summed E-state index contributed by atoms with van der Waals surface area (Å²) in [5.41, 5.74) is 2.57. The fourth-order valence-electron chi connectivity index (χ4n) is 2.50. The van der Waals surface area contributed by atoms with Crippen molar-refractivity contribution in [3.05, 3.63) is 77.4 Å². The van der Waals surface area contributed by atoms with Gasteiger partial charge in [-0.15, -0.1) is 0 Å². The van der Waals surface area contributed by atoms with Crippen LogP contribution in [0.2, 0.25) is 0 Å². The number of fused-ring (bicyclic) bond motifs is 1. The molecule has 0 saturated carbocycles. The number of nitriles is 2. The first-order valence-corrected chi connectivity index (χ1v) is 6.01. The average Bonchev–Trinajstić information content (AvgIpc) is 2.84. The summed E-state index contributed by atoms with van der Waals surface area (Å²) >= 11 is 0. The maximum atomic E-state index is 9.41. The lowest BCUT2D eigenvalue weighted by molar-refractivity contribution is 0.909. The van der Waals surface area contributed by atoms with Gasteiger partial charge < -0.3 is 0 Å². The van der Waals surface area contributed by atoms with E-state index in [9.17, 15) is 10.5 Å². The molecule has 0 unspecified atom stereocenters. The minimum Gasteiger partial charge on any atom is -0.196 e. The normalized spacial score (nSPS) is 14.9. The molecular formula is C17H10N2. The Morgan fingerprint density at radius 2 is 1.42 bits per heavy atom. The molecule has 3 rings (SSSR count). The van der Waals surface area contributed by atoms with Crippen molar-refractivity contribution in [2.75, 3.05) is 0 Å². The van der Waals surface area contributed by atoms with Gasteiger partial charge in [-0.25, -0.2) is 0 Å². The Kier molecular flexibility index (Phi) is 2.44. The first-order valence-electron chi connectivity index (χ1n) is 6.01. The van der Waals surface area contributed by atoms with Crippen LogP contribution >= 0.6 is 0 Å². The van der Waals surface area contributed by atoms with Gasteiger partial charge in [-0.2, -0.15) is 10.5 Å². The third kappa shape index (κ3) is 1.55. The Hall–Kier alpha value is -2.84. The van der Waals surface area contributed by atoms with Crippen molar-refractivity contribution in [3.63, 3.8) is 0 Å². The van der Waals surface area contributed by atoms with E-state index >= 15 is 0 Å². The van der Waals surface area contributed by atoms with E-state index in [4.69, 9.17) is 0 Å². The Labute approximate surface area is 111 Å². The molecule has 0 spiro atoms. The topological polar surface area (TPSA) is 47.6 Å². The number of allylic oxidation sites excluding steroid dienone is 1. The summed E-state index contributed by atoms with van der Waals surface area (Å²) in [7, 11) is 0. The van der Waals surface area contributed by atoms with Crippen LogP contribution in [0.5, 0.6) is 0 Å². The molecule has 0 bridgehead atoms. The Morgan fingerprint density at radius 3 is 2.11 bits per heavy atom. The van der Waals surface area contributed by atoms with Crippen LogP contribution in [0.1, 0.15) is 16.7 Å². The second-order valence-corrected chi connectivity index (χ2v) is 4.50. The summed E-state index contributed by atoms with van der Waals surface area (Å²) in [5, 5.41) is 18.8. The van der Waals surface area contributed by atoms with Crippen molar-refractivity contribution in [1.82, 2.24) is 0 Å². The molecule has 0 saturated heterocycles. The molecule has 0 heterocycles. The minimum atomic E-state index is -1.16. The van der Waals surface area contributed by atoms with E-state index in [0.29, 0.717) is 0 Å². The van der Waals surface area contributed by atoms with Gasteiger partial charge in [0.1, 0.15) is 0 Å². The monoisotopic (exact) mass is 242 g/mol. The third-order valence-corrected chi connectivity index (χ3v) is 3.44. The van der Waals surface area contributed by atoms with Gasteiger partial charge in [0, 0.05) is 0 Å². The van der Waals surface area contributed by atoms with Crippen molar-refractivity contribution in [2.24, 2.45) is 0 Å². The van der Waals surface area contributed by atoms with Gasteiger partial charge in [-0.3, -0.25) is 0 Å². The van der Waals surface area contributed by atoms with Gasteiger partial charge in [0.05, 0.1) is 12.1 Å². The van der Waals surface area contributed by atoms with Crippen molar-refractivity contribution >= 4 is 5.57 Å². The first kappa shape index (κ1) is 11.3. The molecule has 88 valence electrons. The van der Waals surface area contributed by atoms with E-state index in [0.717, 1.165) is 22.3 Å². The predicted molar refractivity (Wildman–Crippen MR) is 72.9 cm³/mol. The minimum absolute atomic E-state index is 0.777. The highest BCUT2D eigenvalue weighted by Crippen LogP contribution is 2.42. The number of hydrogen-bond donors (Lipinski definition) is 0. The molecule has 0 N–H and O–H groups in total. The van der Waals surface area contributed by atoms with Crippen LogP contribution in [-0.4, -0.2) is 0 Å². The lowest BCUT2D eigenvalue weighted by Gasteiger charge is -2.10. The summed E-state index contributed by atoms with van der Waals surface area (Å²) in [6.45, 7) is 0. The van der Waals surface area contributed by atoms with E-state index in [2.05, 4.69) is 12.1 Å². The van der Waals surface area contributed by atoms with Crippen LogP contribution in [0.3, 0.4) is 0 Å². The molecule has 0 radical (unpaired) electrons. The van der Waals surface area contributed by atoms with Gasteiger partial charge in [0.25, 0.3) is 0 Å². The SMILES string of the molecule is N#CC1(C#N)C=C(c2ccccc2)c2ccccc21. The highest BCUT2D eigenvalue weighted by Gasteiger charge is 2.38. The van der Waals surface area contributed by atoms with Crippen molar-refractivity contribution < 1.29 is 0 Å². The molecule has 2 aromatic rings. The van der Waals surface area contributed by atoms with Gasteiger partial charge in [-0.05, 0) is 28.3 Å². The van der Waals surface area contributed by atoms with Crippen molar-refractivity contribution in [1.29, 1.82) is 10.5 Å². The standard InChI is InChI=1S/C17H10N2/c18-11-17(12-19)10-15(13-6-2-1-3-7-13)14-8-4-5-9-16(14)17/h1-10H. The second-order valence-electron chi connectivity index (χ2n) is 4.50. The smallest absolute Gasteiger partial charge is 0.188 e. The van der Waals surface area contributed by atoms with E-state index in [1.165, 1.54) is 0 Å². The molecule has 1 aliphatic carbocycles. The van der Waals surface area contributed by atoms with E-state index < -0.39 is 5.41 Å². The molecular weight excluding hydrogens is 232 g/mol. The summed E-state index contributed by atoms with van der Waals surface area (Å²) in [6, 6.07) is 21.8. The highest BCUT2D eigenvalue weighted by atomic mass is 14.4. The number of benzene rings is 2. The van der Waals surface area contributed by atoms with Gasteiger partial charge >= 0.3 is 0 Å². The maximum absolute atomic E-state index is 9.41. The van der Waals surface area contributed by atoms with Gasteiger partial charge in [-0.1, -0.05) is 54.6 Å². The van der Waals surface area contributed by atoms with Crippen molar-refractivity contribution in [2.45, 2.75) is 5.41 Å². The lowest BCUT2D eigenvalue weighted by Crippen LogP contribution is -2.15. The number of nitrogens with zero attached hydrogens (tertiary/aromatic N) is 2. The molecule has 2 heteroatoms. The van der Waals surface area contributed by atoms with Gasteiger partial charge in [0.2, 0.25) is 0 Å². The zero-order chi connectivity index (χ0) is 13.3. The maximum Gasteiger partial charge on any atom is 0.188 e. The van der Waals surface area contributed by atoms with Crippen LogP contribution in [0.15, 0.2) is 60.7 Å². The quantitative estimate of drug-likeness (QED) is 0.769. The molecule has 0 aromatic heterocycles. The predicted octanol–water partition coefficient (Wildman–Crippen LogP) is 3.42. The lowest BCUT2D eigenvalue weighted by atomic mass is 9.86. The van der Waals surface area contributed by atoms with Crippen LogP contribution in [0.4, 0.5) is 0 Å². The molecule has 1 aliphatic rings. The zero-order valence-corrected chi connectivity index (χ0v) is 10.2. The zero-order valence-electron chi connectivity index (χ0n) is 10.2. The molecule has 0 amide bonds. The fourth-order valence-corrected chi connectivity index (χ4v) is 2.50. The molecule has 2 nitrogen and oxygen atoms in total. The Bertz CT molecular complexity index is 729. The molecule has 0 fully saturated rings. The Morgan fingerprint density at radius 1 is 0.789 bits per heavy atom. The fraction of sp³-hybridized carbons (Fsp3) is 0.0588. The average molecular weight is 242 g/mol. The first-order chi connectivity index (χ1) is 9.30. The van der Waals surface area contributed by atoms with E-state index in [1.54, 1.807) is 6.08 Å². The molecule has 19 heavy (non-hydrogen) atoms. The third-order valence-electron chi connectivity index (χ3n) is 3.44. The van der Waals surface area contributed by atoms with E-state index in [1.807, 2.05) is 54.6 Å². The second kappa shape index (κ2) is 4.12. The largest absolute Gasteiger partial charge is 0.196 e. The van der Waals surface area contributed by atoms with Crippen LogP contribution < -0.4 is 0 Å². The summed E-state index contributed by atoms with van der Waals surface area (Å²) < 4.78 is 0. The van der Waals surface area contributed by atoms with Crippen LogP contribution in [0, 0.1) is 22.7 Å². The van der Waals surface area contributed by atoms with Crippen LogP contribution in [-0.2, 0) is 5.41 Å². The summed E-state index contributed by atoms with van der Waals surface area (Å²) in [6.07, 6.45) is 1.77. The van der Waals surface area contributed by atoms with E-state index in [-0.39, 0.29) is 0 Å². The van der Waals surface area contributed by atoms with Crippen molar-refractivity contribution in [3.8, 4) is 12.1 Å². The van der Waals surface area contributed by atoms with Gasteiger partial charge in [0.15, 0.2) is 5.41 Å². The number of hydrogen-bond acceptors (Lipinski definition) is 2. The number of rotatable bonds is 1. The van der Waals surface area contributed by atoms with Crippen LogP contribution in [0.25, 0.3) is 5.57 Å². The Balaban J connectivity index is 2.29. The molecule has 0 atom stereocenters.